The Labute approximate surface area is 112 Å². The van der Waals surface area contributed by atoms with Gasteiger partial charge in [0.25, 0.3) is 0 Å². The van der Waals surface area contributed by atoms with Crippen LogP contribution in [-0.2, 0) is 4.79 Å². The molecule has 5 nitrogen and oxygen atoms in total. The Morgan fingerprint density at radius 2 is 2.21 bits per heavy atom. The van der Waals surface area contributed by atoms with Gasteiger partial charge in [0.2, 0.25) is 5.91 Å². The summed E-state index contributed by atoms with van der Waals surface area (Å²) in [6.07, 6.45) is 3.48. The Bertz CT molecular complexity index is 597. The fraction of sp³-hybridized carbons (Fsp3) is 0.286. The molecule has 19 heavy (non-hydrogen) atoms. The molecule has 0 aliphatic heterocycles. The quantitative estimate of drug-likeness (QED) is 0.819. The van der Waals surface area contributed by atoms with E-state index in [-0.39, 0.29) is 12.5 Å². The van der Waals surface area contributed by atoms with Crippen molar-refractivity contribution < 1.29 is 4.79 Å². The summed E-state index contributed by atoms with van der Waals surface area (Å²) >= 11 is 0. The second-order valence-electron chi connectivity index (χ2n) is 4.39. The molecule has 2 rings (SSSR count). The van der Waals surface area contributed by atoms with Gasteiger partial charge in [0.05, 0.1) is 17.9 Å². The Balaban J connectivity index is 2.18. The maximum atomic E-state index is 11.7. The Morgan fingerprint density at radius 3 is 2.95 bits per heavy atom. The van der Waals surface area contributed by atoms with Gasteiger partial charge in [-0.3, -0.25) is 9.78 Å². The summed E-state index contributed by atoms with van der Waals surface area (Å²) in [5.74, 6) is 0.0386. The number of amides is 1. The van der Waals surface area contributed by atoms with E-state index in [1.807, 2.05) is 25.1 Å². The number of aromatic nitrogens is 1. The van der Waals surface area contributed by atoms with Crippen LogP contribution in [0.25, 0.3) is 10.8 Å². The second kappa shape index (κ2) is 5.56. The minimum Gasteiger partial charge on any atom is -0.397 e. The van der Waals surface area contributed by atoms with Crippen molar-refractivity contribution in [2.75, 3.05) is 31.2 Å². The summed E-state index contributed by atoms with van der Waals surface area (Å²) in [6, 6.07) is 5.68. The Hall–Kier alpha value is -2.30. The van der Waals surface area contributed by atoms with E-state index < -0.39 is 0 Å². The van der Waals surface area contributed by atoms with Crippen LogP contribution in [0.3, 0.4) is 0 Å². The maximum absolute atomic E-state index is 11.7. The number of anilines is 2. The highest BCUT2D eigenvalue weighted by atomic mass is 16.2. The highest BCUT2D eigenvalue weighted by Gasteiger charge is 2.08. The third kappa shape index (κ3) is 2.76. The fourth-order valence-corrected chi connectivity index (χ4v) is 1.83. The van der Waals surface area contributed by atoms with Gasteiger partial charge in [-0.15, -0.1) is 0 Å². The average molecular weight is 258 g/mol. The van der Waals surface area contributed by atoms with Gasteiger partial charge in [-0.2, -0.15) is 0 Å². The van der Waals surface area contributed by atoms with E-state index in [1.165, 1.54) is 0 Å². The van der Waals surface area contributed by atoms with Crippen molar-refractivity contribution in [3.8, 4) is 0 Å². The first-order valence-corrected chi connectivity index (χ1v) is 6.23. The second-order valence-corrected chi connectivity index (χ2v) is 4.39. The third-order valence-corrected chi connectivity index (χ3v) is 3.19. The van der Waals surface area contributed by atoms with Crippen LogP contribution in [0.1, 0.15) is 6.92 Å². The van der Waals surface area contributed by atoms with Gasteiger partial charge in [0.1, 0.15) is 0 Å². The lowest BCUT2D eigenvalue weighted by Crippen LogP contribution is -2.32. The number of nitrogens with two attached hydrogens (primary N) is 1. The molecule has 1 amide bonds. The topological polar surface area (TPSA) is 71.2 Å². The van der Waals surface area contributed by atoms with Crippen LogP contribution in [0.2, 0.25) is 0 Å². The van der Waals surface area contributed by atoms with Gasteiger partial charge in [-0.05, 0) is 19.1 Å². The number of benzene rings is 1. The molecule has 1 aromatic heterocycles. The lowest BCUT2D eigenvalue weighted by atomic mass is 10.1. The highest BCUT2D eigenvalue weighted by molar-refractivity contribution is 5.99. The average Bonchev–Trinajstić information content (AvgIpc) is 2.45. The molecule has 0 atom stereocenters. The summed E-state index contributed by atoms with van der Waals surface area (Å²) in [5, 5.41) is 5.01. The predicted molar refractivity (Wildman–Crippen MR) is 78.0 cm³/mol. The molecule has 0 saturated heterocycles. The minimum absolute atomic E-state index is 0.0386. The van der Waals surface area contributed by atoms with Crippen molar-refractivity contribution in [1.29, 1.82) is 0 Å². The first-order chi connectivity index (χ1) is 9.13. The van der Waals surface area contributed by atoms with Crippen LogP contribution < -0.4 is 11.1 Å². The number of likely N-dealkylation sites (N-methyl/N-ethyl adjacent to an activating group) is 1. The van der Waals surface area contributed by atoms with Gasteiger partial charge < -0.3 is 16.0 Å². The molecule has 0 saturated carbocycles. The van der Waals surface area contributed by atoms with Crippen molar-refractivity contribution in [3.63, 3.8) is 0 Å². The van der Waals surface area contributed by atoms with E-state index in [0.717, 1.165) is 16.5 Å². The maximum Gasteiger partial charge on any atom is 0.241 e. The molecule has 0 spiro atoms. The van der Waals surface area contributed by atoms with Gasteiger partial charge in [-0.1, -0.05) is 6.07 Å². The molecule has 0 unspecified atom stereocenters. The number of nitrogens with zero attached hydrogens (tertiary/aromatic N) is 2. The van der Waals surface area contributed by atoms with Crippen molar-refractivity contribution in [2.45, 2.75) is 6.92 Å². The van der Waals surface area contributed by atoms with Crippen LogP contribution in [0.15, 0.2) is 30.6 Å². The standard InChI is InChI=1S/C14H18N4O/c1-3-18(2)13(19)9-17-12-5-4-10-8-16-7-6-11(10)14(12)15/h4-8,17H,3,9,15H2,1-2H3. The summed E-state index contributed by atoms with van der Waals surface area (Å²) in [5.41, 5.74) is 7.52. The number of carbonyl (C=O) groups is 1. The summed E-state index contributed by atoms with van der Waals surface area (Å²) < 4.78 is 0. The van der Waals surface area contributed by atoms with Gasteiger partial charge >= 0.3 is 0 Å². The van der Waals surface area contributed by atoms with E-state index in [2.05, 4.69) is 10.3 Å². The molecule has 5 heteroatoms. The molecule has 1 aromatic carbocycles. The van der Waals surface area contributed by atoms with Crippen LogP contribution >= 0.6 is 0 Å². The molecule has 0 fully saturated rings. The van der Waals surface area contributed by atoms with E-state index >= 15 is 0 Å². The zero-order valence-electron chi connectivity index (χ0n) is 11.2. The van der Waals surface area contributed by atoms with Crippen molar-refractivity contribution in [2.24, 2.45) is 0 Å². The SMILES string of the molecule is CCN(C)C(=O)CNc1ccc2cnccc2c1N. The number of nitrogens with one attached hydrogen (secondary N) is 1. The fourth-order valence-electron chi connectivity index (χ4n) is 1.83. The smallest absolute Gasteiger partial charge is 0.241 e. The Kier molecular flexibility index (Phi) is 3.85. The summed E-state index contributed by atoms with van der Waals surface area (Å²) in [6.45, 7) is 2.87. The normalized spacial score (nSPS) is 10.4. The molecule has 0 bridgehead atoms. The van der Waals surface area contributed by atoms with Gasteiger partial charge in [0, 0.05) is 36.8 Å². The van der Waals surface area contributed by atoms with Gasteiger partial charge in [0.15, 0.2) is 0 Å². The Morgan fingerprint density at radius 1 is 1.42 bits per heavy atom. The number of carbonyl (C=O) groups excluding carboxylic acids is 1. The largest absolute Gasteiger partial charge is 0.397 e. The number of fused-ring (bicyclic) bond motifs is 1. The van der Waals surface area contributed by atoms with E-state index in [0.29, 0.717) is 12.2 Å². The van der Waals surface area contributed by atoms with Crippen molar-refractivity contribution in [3.05, 3.63) is 30.6 Å². The van der Waals surface area contributed by atoms with Crippen LogP contribution in [-0.4, -0.2) is 35.9 Å². The van der Waals surface area contributed by atoms with E-state index in [9.17, 15) is 4.79 Å². The van der Waals surface area contributed by atoms with E-state index in [1.54, 1.807) is 24.3 Å². The van der Waals surface area contributed by atoms with Crippen molar-refractivity contribution >= 4 is 28.1 Å². The van der Waals surface area contributed by atoms with Crippen LogP contribution in [0.4, 0.5) is 11.4 Å². The van der Waals surface area contributed by atoms with Crippen molar-refractivity contribution in [1.82, 2.24) is 9.88 Å². The number of pyridine rings is 1. The molecular weight excluding hydrogens is 240 g/mol. The molecule has 100 valence electrons. The molecular formula is C14H18N4O. The molecule has 0 aliphatic carbocycles. The first kappa shape index (κ1) is 13.1. The predicted octanol–water partition coefficient (Wildman–Crippen LogP) is 1.71. The third-order valence-electron chi connectivity index (χ3n) is 3.19. The lowest BCUT2D eigenvalue weighted by molar-refractivity contribution is -0.127. The molecule has 2 aromatic rings. The van der Waals surface area contributed by atoms with Crippen LogP contribution in [0, 0.1) is 0 Å². The summed E-state index contributed by atoms with van der Waals surface area (Å²) in [7, 11) is 1.78. The van der Waals surface area contributed by atoms with E-state index in [4.69, 9.17) is 5.73 Å². The summed E-state index contributed by atoms with van der Waals surface area (Å²) in [4.78, 5) is 17.5. The highest BCUT2D eigenvalue weighted by Crippen LogP contribution is 2.27. The number of rotatable bonds is 4. The van der Waals surface area contributed by atoms with Gasteiger partial charge in [-0.25, -0.2) is 0 Å². The lowest BCUT2D eigenvalue weighted by Gasteiger charge is -2.16. The number of nitrogen functional groups attached to an aromatic ring is 1. The van der Waals surface area contributed by atoms with Crippen LogP contribution in [0.5, 0.6) is 0 Å². The first-order valence-electron chi connectivity index (χ1n) is 6.23. The number of hydrogen-bond donors (Lipinski definition) is 2. The number of hydrogen-bond acceptors (Lipinski definition) is 4. The minimum atomic E-state index is 0.0386. The zero-order valence-corrected chi connectivity index (χ0v) is 11.2. The monoisotopic (exact) mass is 258 g/mol. The molecule has 1 heterocycles. The molecule has 0 radical (unpaired) electrons. The molecule has 3 N–H and O–H groups in total. The molecule has 0 aliphatic rings. The zero-order chi connectivity index (χ0) is 13.8.